The van der Waals surface area contributed by atoms with Crippen molar-refractivity contribution in [2.45, 2.75) is 38.8 Å². The standard InChI is InChI=1S/C34H32N2/c1-2-13-28(31-24-35(22-26-14-5-3-6-15-26)33-20-11-9-18-29(31)33)32-25-36(23-27-16-7-4-8-17-27)34-21-12-10-19-30(32)34/h3-12,14-21,24-25,28H,2,13,22-23H2,1H3. The summed E-state index contributed by atoms with van der Waals surface area (Å²) in [5.41, 5.74) is 8.15. The smallest absolute Gasteiger partial charge is 0.0486 e. The van der Waals surface area contributed by atoms with Gasteiger partial charge in [-0.3, -0.25) is 0 Å². The van der Waals surface area contributed by atoms with Crippen LogP contribution in [0.2, 0.25) is 0 Å². The highest BCUT2D eigenvalue weighted by atomic mass is 15.0. The van der Waals surface area contributed by atoms with Crippen molar-refractivity contribution in [1.82, 2.24) is 9.13 Å². The highest BCUT2D eigenvalue weighted by molar-refractivity contribution is 5.89. The van der Waals surface area contributed by atoms with Crippen LogP contribution in [-0.2, 0) is 13.1 Å². The van der Waals surface area contributed by atoms with E-state index in [-0.39, 0.29) is 0 Å². The fourth-order valence-electron chi connectivity index (χ4n) is 5.69. The Labute approximate surface area is 213 Å². The number of benzene rings is 4. The SMILES string of the molecule is CCCC(c1cn(Cc2ccccc2)c2ccccc12)c1cn(Cc2ccccc2)c2ccccc12. The zero-order chi connectivity index (χ0) is 24.3. The Hall–Kier alpha value is -4.04. The number of para-hydroxylation sites is 2. The molecular formula is C34H32N2. The zero-order valence-electron chi connectivity index (χ0n) is 20.8. The Morgan fingerprint density at radius 1 is 0.528 bits per heavy atom. The Morgan fingerprint density at radius 2 is 0.944 bits per heavy atom. The molecule has 0 radical (unpaired) electrons. The zero-order valence-corrected chi connectivity index (χ0v) is 20.8. The minimum atomic E-state index is 0.346. The van der Waals surface area contributed by atoms with E-state index in [1.54, 1.807) is 0 Å². The minimum Gasteiger partial charge on any atom is -0.343 e. The molecule has 0 saturated carbocycles. The molecule has 2 heterocycles. The summed E-state index contributed by atoms with van der Waals surface area (Å²) in [4.78, 5) is 0. The van der Waals surface area contributed by atoms with E-state index >= 15 is 0 Å². The molecule has 0 spiro atoms. The van der Waals surface area contributed by atoms with Crippen molar-refractivity contribution in [3.05, 3.63) is 144 Å². The normalized spacial score (nSPS) is 11.6. The highest BCUT2D eigenvalue weighted by Crippen LogP contribution is 2.39. The quantitative estimate of drug-likeness (QED) is 0.212. The molecule has 0 atom stereocenters. The first-order chi connectivity index (χ1) is 17.8. The van der Waals surface area contributed by atoms with E-state index in [0.29, 0.717) is 5.92 Å². The molecule has 0 aliphatic rings. The van der Waals surface area contributed by atoms with Gasteiger partial charge in [-0.2, -0.15) is 0 Å². The molecule has 0 unspecified atom stereocenters. The number of aromatic nitrogens is 2. The molecule has 6 aromatic rings. The van der Waals surface area contributed by atoms with Gasteiger partial charge in [0.1, 0.15) is 0 Å². The van der Waals surface area contributed by atoms with Gasteiger partial charge in [0.25, 0.3) is 0 Å². The Bertz CT molecular complexity index is 1470. The summed E-state index contributed by atoms with van der Waals surface area (Å²) in [6.07, 6.45) is 7.10. The summed E-state index contributed by atoms with van der Waals surface area (Å²) in [6.45, 7) is 4.07. The largest absolute Gasteiger partial charge is 0.343 e. The predicted octanol–water partition coefficient (Wildman–Crippen LogP) is 8.62. The summed E-state index contributed by atoms with van der Waals surface area (Å²) in [6, 6.07) is 39.4. The second-order valence-corrected chi connectivity index (χ2v) is 9.77. The van der Waals surface area contributed by atoms with Crippen molar-refractivity contribution in [2.24, 2.45) is 0 Å². The van der Waals surface area contributed by atoms with Gasteiger partial charge < -0.3 is 9.13 Å². The van der Waals surface area contributed by atoms with Gasteiger partial charge in [-0.15, -0.1) is 0 Å². The van der Waals surface area contributed by atoms with Crippen molar-refractivity contribution >= 4 is 21.8 Å². The number of nitrogens with zero attached hydrogens (tertiary/aromatic N) is 2. The van der Waals surface area contributed by atoms with Crippen molar-refractivity contribution in [2.75, 3.05) is 0 Å². The van der Waals surface area contributed by atoms with Crippen LogP contribution < -0.4 is 0 Å². The molecule has 0 bridgehead atoms. The number of hydrogen-bond acceptors (Lipinski definition) is 0. The first kappa shape index (κ1) is 22.4. The third kappa shape index (κ3) is 4.24. The molecule has 2 aromatic heterocycles. The summed E-state index contributed by atoms with van der Waals surface area (Å²) in [7, 11) is 0. The molecule has 0 amide bonds. The molecule has 2 nitrogen and oxygen atoms in total. The lowest BCUT2D eigenvalue weighted by Gasteiger charge is -2.16. The van der Waals surface area contributed by atoms with Crippen LogP contribution in [0.5, 0.6) is 0 Å². The molecule has 2 heteroatoms. The third-order valence-corrected chi connectivity index (χ3v) is 7.36. The van der Waals surface area contributed by atoms with Gasteiger partial charge in [0.05, 0.1) is 0 Å². The van der Waals surface area contributed by atoms with Crippen LogP contribution >= 0.6 is 0 Å². The van der Waals surface area contributed by atoms with Crippen molar-refractivity contribution in [3.63, 3.8) is 0 Å². The van der Waals surface area contributed by atoms with Gasteiger partial charge in [0.15, 0.2) is 0 Å². The Kier molecular flexibility index (Phi) is 6.17. The average molecular weight is 469 g/mol. The van der Waals surface area contributed by atoms with Crippen molar-refractivity contribution in [3.8, 4) is 0 Å². The maximum Gasteiger partial charge on any atom is 0.0486 e. The van der Waals surface area contributed by atoms with Crippen LogP contribution in [0.4, 0.5) is 0 Å². The summed E-state index contributed by atoms with van der Waals surface area (Å²) in [5.74, 6) is 0.346. The molecule has 178 valence electrons. The lowest BCUT2D eigenvalue weighted by atomic mass is 9.87. The molecule has 0 N–H and O–H groups in total. The van der Waals surface area contributed by atoms with Gasteiger partial charge in [0.2, 0.25) is 0 Å². The molecule has 36 heavy (non-hydrogen) atoms. The predicted molar refractivity (Wildman–Crippen MR) is 152 cm³/mol. The summed E-state index contributed by atoms with van der Waals surface area (Å²) >= 11 is 0. The lowest BCUT2D eigenvalue weighted by molar-refractivity contribution is 0.695. The van der Waals surface area contributed by atoms with Crippen LogP contribution in [0.1, 0.15) is 47.9 Å². The summed E-state index contributed by atoms with van der Waals surface area (Å²) in [5, 5.41) is 2.73. The van der Waals surface area contributed by atoms with E-state index in [1.807, 2.05) is 0 Å². The van der Waals surface area contributed by atoms with Crippen LogP contribution in [-0.4, -0.2) is 9.13 Å². The van der Waals surface area contributed by atoms with Gasteiger partial charge in [-0.1, -0.05) is 110 Å². The van der Waals surface area contributed by atoms with E-state index in [9.17, 15) is 0 Å². The molecule has 6 rings (SSSR count). The maximum absolute atomic E-state index is 2.44. The number of hydrogen-bond donors (Lipinski definition) is 0. The molecule has 0 saturated heterocycles. The maximum atomic E-state index is 2.44. The van der Waals surface area contributed by atoms with Crippen LogP contribution in [0.25, 0.3) is 21.8 Å². The van der Waals surface area contributed by atoms with Crippen LogP contribution in [0.3, 0.4) is 0 Å². The first-order valence-electron chi connectivity index (χ1n) is 13.0. The lowest BCUT2D eigenvalue weighted by Crippen LogP contribution is -2.02. The molecule has 4 aromatic carbocycles. The van der Waals surface area contributed by atoms with E-state index < -0.39 is 0 Å². The topological polar surface area (TPSA) is 9.86 Å². The monoisotopic (exact) mass is 468 g/mol. The van der Waals surface area contributed by atoms with Gasteiger partial charge >= 0.3 is 0 Å². The minimum absolute atomic E-state index is 0.346. The molecule has 0 aliphatic carbocycles. The fraction of sp³-hybridized carbons (Fsp3) is 0.176. The van der Waals surface area contributed by atoms with Crippen molar-refractivity contribution in [1.29, 1.82) is 0 Å². The molecule has 0 aliphatic heterocycles. The first-order valence-corrected chi connectivity index (χ1v) is 13.0. The van der Waals surface area contributed by atoms with Crippen LogP contribution in [0.15, 0.2) is 122 Å². The van der Waals surface area contributed by atoms with Crippen molar-refractivity contribution < 1.29 is 0 Å². The average Bonchev–Trinajstić information content (AvgIpc) is 3.47. The summed E-state index contributed by atoms with van der Waals surface area (Å²) < 4.78 is 4.87. The van der Waals surface area contributed by atoms with Gasteiger partial charge in [-0.25, -0.2) is 0 Å². The van der Waals surface area contributed by atoms with E-state index in [0.717, 1.165) is 25.9 Å². The number of fused-ring (bicyclic) bond motifs is 2. The van der Waals surface area contributed by atoms with E-state index in [2.05, 4.69) is 138 Å². The second-order valence-electron chi connectivity index (χ2n) is 9.77. The van der Waals surface area contributed by atoms with Crippen LogP contribution in [0, 0.1) is 0 Å². The van der Waals surface area contributed by atoms with E-state index in [1.165, 1.54) is 44.1 Å². The van der Waals surface area contributed by atoms with Gasteiger partial charge in [0, 0.05) is 53.2 Å². The van der Waals surface area contributed by atoms with E-state index in [4.69, 9.17) is 0 Å². The Morgan fingerprint density at radius 3 is 1.39 bits per heavy atom. The van der Waals surface area contributed by atoms with Gasteiger partial charge in [-0.05, 0) is 40.8 Å². The fourth-order valence-corrected chi connectivity index (χ4v) is 5.69. The third-order valence-electron chi connectivity index (χ3n) is 7.36. The molecule has 0 fully saturated rings. The second kappa shape index (κ2) is 9.91. The Balaban J connectivity index is 1.48. The molecular weight excluding hydrogens is 436 g/mol. The number of rotatable bonds is 8. The highest BCUT2D eigenvalue weighted by Gasteiger charge is 2.23.